The van der Waals surface area contributed by atoms with Crippen molar-refractivity contribution in [3.63, 3.8) is 0 Å². The first-order chi connectivity index (χ1) is 9.51. The zero-order valence-corrected chi connectivity index (χ0v) is 13.2. The van der Waals surface area contributed by atoms with Crippen LogP contribution in [0, 0.1) is 6.92 Å². The molecule has 3 nitrogen and oxygen atoms in total. The van der Waals surface area contributed by atoms with Gasteiger partial charge in [0.1, 0.15) is 0 Å². The van der Waals surface area contributed by atoms with E-state index in [1.165, 1.54) is 0 Å². The molecule has 0 aliphatic carbocycles. The Kier molecular flexibility index (Phi) is 5.08. The number of halogens is 2. The number of hydrogen-bond acceptors (Lipinski definition) is 2. The topological polar surface area (TPSA) is 43.8 Å². The third-order valence-electron chi connectivity index (χ3n) is 3.28. The molecule has 1 heterocycles. The minimum atomic E-state index is -0.0335. The number of nitrogens with zero attached hydrogens (tertiary/aromatic N) is 2. The van der Waals surface area contributed by atoms with Crippen LogP contribution in [-0.2, 0) is 19.4 Å². The Balaban J connectivity index is 2.11. The molecule has 20 heavy (non-hydrogen) atoms. The molecular formula is C15H19Cl2N3. The Hall–Kier alpha value is -1.03. The van der Waals surface area contributed by atoms with Gasteiger partial charge in [-0.05, 0) is 44.0 Å². The lowest BCUT2D eigenvalue weighted by Crippen LogP contribution is -2.27. The quantitative estimate of drug-likeness (QED) is 0.916. The van der Waals surface area contributed by atoms with E-state index in [-0.39, 0.29) is 6.04 Å². The van der Waals surface area contributed by atoms with Crippen molar-refractivity contribution < 1.29 is 0 Å². The van der Waals surface area contributed by atoms with E-state index in [9.17, 15) is 0 Å². The first-order valence-corrected chi connectivity index (χ1v) is 7.48. The predicted molar refractivity (Wildman–Crippen MR) is 84.5 cm³/mol. The van der Waals surface area contributed by atoms with Crippen LogP contribution in [0.5, 0.6) is 0 Å². The zero-order chi connectivity index (χ0) is 14.7. The van der Waals surface area contributed by atoms with E-state index in [1.54, 1.807) is 0 Å². The number of benzene rings is 1. The summed E-state index contributed by atoms with van der Waals surface area (Å²) in [7, 11) is 0. The maximum absolute atomic E-state index is 6.25. The van der Waals surface area contributed by atoms with E-state index in [0.29, 0.717) is 16.5 Å². The van der Waals surface area contributed by atoms with Crippen LogP contribution < -0.4 is 5.73 Å². The van der Waals surface area contributed by atoms with Gasteiger partial charge in [-0.15, -0.1) is 0 Å². The molecule has 0 bridgehead atoms. The normalized spacial score (nSPS) is 12.7. The van der Waals surface area contributed by atoms with Gasteiger partial charge in [0.25, 0.3) is 0 Å². The van der Waals surface area contributed by atoms with Gasteiger partial charge in [0.2, 0.25) is 0 Å². The number of rotatable bonds is 5. The lowest BCUT2D eigenvalue weighted by atomic mass is 10.0. The Morgan fingerprint density at radius 2 is 1.90 bits per heavy atom. The van der Waals surface area contributed by atoms with Crippen LogP contribution in [-0.4, -0.2) is 15.8 Å². The van der Waals surface area contributed by atoms with Crippen molar-refractivity contribution >= 4 is 23.2 Å². The molecule has 0 saturated carbocycles. The summed E-state index contributed by atoms with van der Waals surface area (Å²) in [5.41, 5.74) is 9.34. The van der Waals surface area contributed by atoms with Gasteiger partial charge in [-0.25, -0.2) is 0 Å². The summed E-state index contributed by atoms with van der Waals surface area (Å²) in [4.78, 5) is 0. The van der Waals surface area contributed by atoms with E-state index in [2.05, 4.69) is 18.1 Å². The predicted octanol–water partition coefficient (Wildman–Crippen LogP) is 3.63. The van der Waals surface area contributed by atoms with Crippen molar-refractivity contribution in [1.82, 2.24) is 9.78 Å². The third-order valence-corrected chi connectivity index (χ3v) is 3.99. The maximum Gasteiger partial charge on any atom is 0.0596 e. The third kappa shape index (κ3) is 3.54. The molecule has 0 saturated heterocycles. The molecule has 0 spiro atoms. The monoisotopic (exact) mass is 311 g/mol. The van der Waals surface area contributed by atoms with Gasteiger partial charge in [0.05, 0.1) is 5.69 Å². The van der Waals surface area contributed by atoms with Gasteiger partial charge < -0.3 is 5.73 Å². The number of aromatic nitrogens is 2. The minimum Gasteiger partial charge on any atom is -0.327 e. The highest BCUT2D eigenvalue weighted by Gasteiger charge is 2.14. The van der Waals surface area contributed by atoms with E-state index < -0.39 is 0 Å². The summed E-state index contributed by atoms with van der Waals surface area (Å²) in [5.74, 6) is 0. The molecule has 1 aromatic carbocycles. The molecule has 5 heteroatoms. The molecule has 0 fully saturated rings. The number of hydrogen-bond donors (Lipinski definition) is 1. The standard InChI is InChI=1S/C15H19Cl2N3/c1-3-20-12(7-10(2)19-20)8-11(18)9-13-14(16)5-4-6-15(13)17/h4-7,11H,3,8-9,18H2,1-2H3. The van der Waals surface area contributed by atoms with E-state index in [0.717, 1.165) is 29.9 Å². The second-order valence-electron chi connectivity index (χ2n) is 4.96. The lowest BCUT2D eigenvalue weighted by molar-refractivity contribution is 0.574. The fraction of sp³-hybridized carbons (Fsp3) is 0.400. The fourth-order valence-corrected chi connectivity index (χ4v) is 2.92. The minimum absolute atomic E-state index is 0.0335. The average molecular weight is 312 g/mol. The van der Waals surface area contributed by atoms with Crippen molar-refractivity contribution in [2.45, 2.75) is 39.3 Å². The number of aryl methyl sites for hydroxylation is 2. The van der Waals surface area contributed by atoms with Gasteiger partial charge >= 0.3 is 0 Å². The van der Waals surface area contributed by atoms with Crippen molar-refractivity contribution in [3.8, 4) is 0 Å². The van der Waals surface area contributed by atoms with Crippen LogP contribution in [0.15, 0.2) is 24.3 Å². The SMILES string of the molecule is CCn1nc(C)cc1CC(N)Cc1c(Cl)cccc1Cl. The van der Waals surface area contributed by atoms with Crippen LogP contribution in [0.4, 0.5) is 0 Å². The van der Waals surface area contributed by atoms with E-state index in [4.69, 9.17) is 28.9 Å². The second kappa shape index (κ2) is 6.61. The molecule has 0 radical (unpaired) electrons. The zero-order valence-electron chi connectivity index (χ0n) is 11.7. The molecular weight excluding hydrogens is 293 g/mol. The highest BCUT2D eigenvalue weighted by atomic mass is 35.5. The molecule has 1 aromatic heterocycles. The van der Waals surface area contributed by atoms with Crippen molar-refractivity contribution in [3.05, 3.63) is 51.3 Å². The van der Waals surface area contributed by atoms with Crippen LogP contribution in [0.25, 0.3) is 0 Å². The molecule has 0 aliphatic heterocycles. The first-order valence-electron chi connectivity index (χ1n) is 6.73. The van der Waals surface area contributed by atoms with E-state index in [1.807, 2.05) is 29.8 Å². The summed E-state index contributed by atoms with van der Waals surface area (Å²) in [6.07, 6.45) is 1.42. The molecule has 0 aliphatic rings. The fourth-order valence-electron chi connectivity index (χ4n) is 2.37. The van der Waals surface area contributed by atoms with Crippen LogP contribution in [0.1, 0.15) is 23.9 Å². The Labute approximate surface area is 129 Å². The largest absolute Gasteiger partial charge is 0.327 e. The highest BCUT2D eigenvalue weighted by Crippen LogP contribution is 2.25. The van der Waals surface area contributed by atoms with Gasteiger partial charge in [0, 0.05) is 34.7 Å². The maximum atomic E-state index is 6.25. The molecule has 2 aromatic rings. The van der Waals surface area contributed by atoms with Gasteiger partial charge in [-0.3, -0.25) is 4.68 Å². The van der Waals surface area contributed by atoms with Crippen molar-refractivity contribution in [1.29, 1.82) is 0 Å². The smallest absolute Gasteiger partial charge is 0.0596 e. The Morgan fingerprint density at radius 1 is 1.25 bits per heavy atom. The average Bonchev–Trinajstić information content (AvgIpc) is 2.74. The van der Waals surface area contributed by atoms with Gasteiger partial charge in [-0.2, -0.15) is 5.10 Å². The summed E-state index contributed by atoms with van der Waals surface area (Å²) >= 11 is 12.4. The molecule has 108 valence electrons. The van der Waals surface area contributed by atoms with Gasteiger partial charge in [0.15, 0.2) is 0 Å². The first kappa shape index (κ1) is 15.4. The highest BCUT2D eigenvalue weighted by molar-refractivity contribution is 6.36. The Bertz CT molecular complexity index is 573. The van der Waals surface area contributed by atoms with Crippen LogP contribution in [0.2, 0.25) is 10.0 Å². The molecule has 1 atom stereocenters. The molecule has 2 rings (SSSR count). The summed E-state index contributed by atoms with van der Waals surface area (Å²) in [5, 5.41) is 5.78. The summed E-state index contributed by atoms with van der Waals surface area (Å²) in [6.45, 7) is 4.92. The molecule has 0 amide bonds. The Morgan fingerprint density at radius 3 is 2.50 bits per heavy atom. The van der Waals surface area contributed by atoms with Crippen LogP contribution in [0.3, 0.4) is 0 Å². The van der Waals surface area contributed by atoms with Crippen molar-refractivity contribution in [2.24, 2.45) is 5.73 Å². The van der Waals surface area contributed by atoms with Crippen LogP contribution >= 0.6 is 23.2 Å². The molecule has 2 N–H and O–H groups in total. The second-order valence-corrected chi connectivity index (χ2v) is 5.78. The summed E-state index contributed by atoms with van der Waals surface area (Å²) < 4.78 is 1.99. The van der Waals surface area contributed by atoms with E-state index >= 15 is 0 Å². The molecule has 1 unspecified atom stereocenters. The van der Waals surface area contributed by atoms with Gasteiger partial charge in [-0.1, -0.05) is 29.3 Å². The lowest BCUT2D eigenvalue weighted by Gasteiger charge is -2.14. The number of nitrogens with two attached hydrogens (primary N) is 1. The van der Waals surface area contributed by atoms with Crippen molar-refractivity contribution in [2.75, 3.05) is 0 Å². The summed E-state index contributed by atoms with van der Waals surface area (Å²) in [6, 6.07) is 7.58.